The Morgan fingerprint density at radius 1 is 1.24 bits per heavy atom. The summed E-state index contributed by atoms with van der Waals surface area (Å²) in [6.45, 7) is 3.44. The molecule has 0 saturated heterocycles. The van der Waals surface area contributed by atoms with Gasteiger partial charge in [-0.3, -0.25) is 4.84 Å². The van der Waals surface area contributed by atoms with Gasteiger partial charge in [0.05, 0.1) is 13.2 Å². The Morgan fingerprint density at radius 2 is 2.00 bits per heavy atom. The lowest BCUT2D eigenvalue weighted by Gasteiger charge is -2.36. The van der Waals surface area contributed by atoms with Crippen LogP contribution in [0.15, 0.2) is 24.3 Å². The summed E-state index contributed by atoms with van der Waals surface area (Å²) in [5.74, 6) is 0.694. The van der Waals surface area contributed by atoms with Crippen molar-refractivity contribution in [3.63, 3.8) is 0 Å². The van der Waals surface area contributed by atoms with Crippen LogP contribution in [0.25, 0.3) is 0 Å². The molecule has 0 radical (unpaired) electrons. The molecule has 0 atom stereocenters. The number of nitrogens with one attached hydrogen (secondary N) is 1. The van der Waals surface area contributed by atoms with Gasteiger partial charge in [-0.2, -0.15) is 5.48 Å². The predicted molar refractivity (Wildman–Crippen MR) is 67.9 cm³/mol. The van der Waals surface area contributed by atoms with E-state index in [1.54, 1.807) is 7.11 Å². The second kappa shape index (κ2) is 6.15. The highest BCUT2D eigenvalue weighted by Crippen LogP contribution is 2.38. The molecule has 0 spiro atoms. The third kappa shape index (κ3) is 3.28. The van der Waals surface area contributed by atoms with Crippen LogP contribution in [0.2, 0.25) is 0 Å². The number of methoxy groups -OCH3 is 1. The van der Waals surface area contributed by atoms with E-state index >= 15 is 0 Å². The SMILES string of the molecule is COCCONC1CC(c2ccccc2C)C1. The van der Waals surface area contributed by atoms with Crippen molar-refractivity contribution in [3.05, 3.63) is 35.4 Å². The number of rotatable bonds is 6. The Kier molecular flexibility index (Phi) is 4.54. The molecule has 1 N–H and O–H groups in total. The molecular weight excluding hydrogens is 214 g/mol. The molecule has 1 fully saturated rings. The summed E-state index contributed by atoms with van der Waals surface area (Å²) in [5.41, 5.74) is 5.98. The molecule has 1 aromatic rings. The summed E-state index contributed by atoms with van der Waals surface area (Å²) in [6.07, 6.45) is 2.33. The van der Waals surface area contributed by atoms with E-state index in [0.717, 1.165) is 12.8 Å². The summed E-state index contributed by atoms with van der Waals surface area (Å²) in [5, 5.41) is 0. The maximum atomic E-state index is 5.32. The standard InChI is InChI=1S/C14H21NO2/c1-11-5-3-4-6-14(11)12-9-13(10-12)15-17-8-7-16-2/h3-6,12-13,15H,7-10H2,1-2H3. The van der Waals surface area contributed by atoms with Crippen LogP contribution in [0.4, 0.5) is 0 Å². The summed E-state index contributed by atoms with van der Waals surface area (Å²) in [4.78, 5) is 5.32. The minimum absolute atomic E-state index is 0.497. The molecular formula is C14H21NO2. The van der Waals surface area contributed by atoms with Crippen LogP contribution >= 0.6 is 0 Å². The van der Waals surface area contributed by atoms with Crippen LogP contribution in [-0.4, -0.2) is 26.4 Å². The Balaban J connectivity index is 1.70. The first-order chi connectivity index (χ1) is 8.31. The van der Waals surface area contributed by atoms with E-state index < -0.39 is 0 Å². The number of benzene rings is 1. The van der Waals surface area contributed by atoms with Gasteiger partial charge in [0.15, 0.2) is 0 Å². The highest BCUT2D eigenvalue weighted by molar-refractivity contribution is 5.31. The lowest BCUT2D eigenvalue weighted by Crippen LogP contribution is -2.40. The zero-order chi connectivity index (χ0) is 12.1. The van der Waals surface area contributed by atoms with Crippen molar-refractivity contribution in [2.75, 3.05) is 20.3 Å². The first-order valence-electron chi connectivity index (χ1n) is 6.23. The summed E-state index contributed by atoms with van der Waals surface area (Å²) < 4.78 is 4.92. The fraction of sp³-hybridized carbons (Fsp3) is 0.571. The van der Waals surface area contributed by atoms with Crippen LogP contribution in [0.5, 0.6) is 0 Å². The van der Waals surface area contributed by atoms with Crippen LogP contribution < -0.4 is 5.48 Å². The van der Waals surface area contributed by atoms with Gasteiger partial charge < -0.3 is 4.74 Å². The van der Waals surface area contributed by atoms with Crippen LogP contribution in [0.1, 0.15) is 29.9 Å². The number of hydrogen-bond donors (Lipinski definition) is 1. The topological polar surface area (TPSA) is 30.5 Å². The summed E-state index contributed by atoms with van der Waals surface area (Å²) in [6, 6.07) is 9.14. The highest BCUT2D eigenvalue weighted by atomic mass is 16.7. The largest absolute Gasteiger partial charge is 0.382 e. The van der Waals surface area contributed by atoms with Gasteiger partial charge in [0.1, 0.15) is 0 Å². The molecule has 2 rings (SSSR count). The van der Waals surface area contributed by atoms with Crippen LogP contribution in [0, 0.1) is 6.92 Å². The van der Waals surface area contributed by atoms with Crippen LogP contribution in [0.3, 0.4) is 0 Å². The minimum Gasteiger partial charge on any atom is -0.382 e. The summed E-state index contributed by atoms with van der Waals surface area (Å²) >= 11 is 0. The van der Waals surface area contributed by atoms with E-state index in [2.05, 4.69) is 36.7 Å². The average Bonchev–Trinajstić information content (AvgIpc) is 2.28. The van der Waals surface area contributed by atoms with Crippen molar-refractivity contribution in [2.24, 2.45) is 0 Å². The zero-order valence-electron chi connectivity index (χ0n) is 10.6. The van der Waals surface area contributed by atoms with Crippen molar-refractivity contribution < 1.29 is 9.57 Å². The van der Waals surface area contributed by atoms with Gasteiger partial charge in [0.25, 0.3) is 0 Å². The molecule has 0 aliphatic heterocycles. The molecule has 0 bridgehead atoms. The lowest BCUT2D eigenvalue weighted by molar-refractivity contribution is -0.0303. The second-order valence-corrected chi connectivity index (χ2v) is 4.68. The normalized spacial score (nSPS) is 23.4. The maximum Gasteiger partial charge on any atom is 0.0915 e. The van der Waals surface area contributed by atoms with E-state index in [0.29, 0.717) is 25.2 Å². The van der Waals surface area contributed by atoms with Crippen LogP contribution in [-0.2, 0) is 9.57 Å². The predicted octanol–water partition coefficient (Wildman–Crippen LogP) is 2.41. The van der Waals surface area contributed by atoms with Gasteiger partial charge in [0.2, 0.25) is 0 Å². The van der Waals surface area contributed by atoms with Gasteiger partial charge >= 0.3 is 0 Å². The maximum absolute atomic E-state index is 5.32. The quantitative estimate of drug-likeness (QED) is 0.606. The number of hydroxylamine groups is 1. The third-order valence-electron chi connectivity index (χ3n) is 3.41. The molecule has 0 amide bonds. The van der Waals surface area contributed by atoms with Gasteiger partial charge in [-0.15, -0.1) is 0 Å². The molecule has 1 aliphatic rings. The first kappa shape index (κ1) is 12.6. The first-order valence-corrected chi connectivity index (χ1v) is 6.23. The monoisotopic (exact) mass is 235 g/mol. The van der Waals surface area contributed by atoms with Gasteiger partial charge in [-0.1, -0.05) is 24.3 Å². The molecule has 94 valence electrons. The molecule has 17 heavy (non-hydrogen) atoms. The molecule has 3 nitrogen and oxygen atoms in total. The van der Waals surface area contributed by atoms with E-state index in [-0.39, 0.29) is 0 Å². The van der Waals surface area contributed by atoms with Gasteiger partial charge in [-0.05, 0) is 36.8 Å². The fourth-order valence-electron chi connectivity index (χ4n) is 2.31. The van der Waals surface area contributed by atoms with E-state index in [1.807, 2.05) is 0 Å². The van der Waals surface area contributed by atoms with Gasteiger partial charge in [-0.25, -0.2) is 0 Å². The minimum atomic E-state index is 0.497. The second-order valence-electron chi connectivity index (χ2n) is 4.68. The van der Waals surface area contributed by atoms with Crippen molar-refractivity contribution in [1.82, 2.24) is 5.48 Å². The average molecular weight is 235 g/mol. The fourth-order valence-corrected chi connectivity index (χ4v) is 2.31. The van der Waals surface area contributed by atoms with Crippen molar-refractivity contribution >= 4 is 0 Å². The smallest absolute Gasteiger partial charge is 0.0915 e. The summed E-state index contributed by atoms with van der Waals surface area (Å²) in [7, 11) is 1.68. The molecule has 1 aromatic carbocycles. The molecule has 0 heterocycles. The lowest BCUT2D eigenvalue weighted by atomic mass is 9.75. The molecule has 0 unspecified atom stereocenters. The van der Waals surface area contributed by atoms with Crippen molar-refractivity contribution in [3.8, 4) is 0 Å². The zero-order valence-corrected chi connectivity index (χ0v) is 10.6. The molecule has 1 saturated carbocycles. The third-order valence-corrected chi connectivity index (χ3v) is 3.41. The Hall–Kier alpha value is -0.900. The number of hydrogen-bond acceptors (Lipinski definition) is 3. The number of aryl methyl sites for hydroxylation is 1. The molecule has 0 aromatic heterocycles. The van der Waals surface area contributed by atoms with E-state index in [1.165, 1.54) is 11.1 Å². The number of ether oxygens (including phenoxy) is 1. The molecule has 3 heteroatoms. The Labute approximate surface area is 103 Å². The van der Waals surface area contributed by atoms with E-state index in [9.17, 15) is 0 Å². The van der Waals surface area contributed by atoms with Crippen molar-refractivity contribution in [1.29, 1.82) is 0 Å². The van der Waals surface area contributed by atoms with E-state index in [4.69, 9.17) is 9.57 Å². The van der Waals surface area contributed by atoms with Gasteiger partial charge in [0, 0.05) is 13.2 Å². The Bertz CT molecular complexity index is 348. The molecule has 1 aliphatic carbocycles. The Morgan fingerprint density at radius 3 is 2.71 bits per heavy atom. The van der Waals surface area contributed by atoms with Crippen molar-refractivity contribution in [2.45, 2.75) is 31.7 Å². The highest BCUT2D eigenvalue weighted by Gasteiger charge is 2.30.